The van der Waals surface area contributed by atoms with Gasteiger partial charge in [0.15, 0.2) is 0 Å². The maximum absolute atomic E-state index is 11.4. The topological polar surface area (TPSA) is 64.6 Å². The molecule has 0 rings (SSSR count). The quantitative estimate of drug-likeness (QED) is 0.663. The highest BCUT2D eigenvalue weighted by Gasteiger charge is 2.20. The van der Waals surface area contributed by atoms with Crippen LogP contribution in [0.3, 0.4) is 0 Å². The lowest BCUT2D eigenvalue weighted by molar-refractivity contribution is -0.120. The zero-order valence-corrected chi connectivity index (χ0v) is 9.10. The first-order chi connectivity index (χ1) is 6.08. The smallest absolute Gasteiger partial charge is 0.331 e. The summed E-state index contributed by atoms with van der Waals surface area (Å²) in [6.07, 6.45) is 0.621. The van der Waals surface area contributed by atoms with Crippen molar-refractivity contribution in [3.63, 3.8) is 0 Å². The van der Waals surface area contributed by atoms with Gasteiger partial charge >= 0.3 is 7.60 Å². The first kappa shape index (κ1) is 12.6. The fourth-order valence-electron chi connectivity index (χ4n) is 0.714. The van der Waals surface area contributed by atoms with Gasteiger partial charge in [-0.1, -0.05) is 6.92 Å². The minimum Gasteiger partial charge on any atom is -0.355 e. The number of carbonyl (C=O) groups is 1. The Labute approximate surface area is 78.3 Å². The van der Waals surface area contributed by atoms with Crippen LogP contribution in [0, 0.1) is 0 Å². The molecule has 0 aromatic carbocycles. The van der Waals surface area contributed by atoms with Gasteiger partial charge in [-0.05, 0) is 0 Å². The number of carbonyl (C=O) groups excluding carboxylic acids is 1. The van der Waals surface area contributed by atoms with Crippen LogP contribution in [0.5, 0.6) is 0 Å². The molecule has 13 heavy (non-hydrogen) atoms. The van der Waals surface area contributed by atoms with Gasteiger partial charge in [0.25, 0.3) is 0 Å². The molecule has 0 aliphatic rings. The fourth-order valence-corrected chi connectivity index (χ4v) is 1.61. The monoisotopic (exact) mass is 209 g/mol. The van der Waals surface area contributed by atoms with Crippen molar-refractivity contribution in [2.75, 3.05) is 26.9 Å². The van der Waals surface area contributed by atoms with Crippen LogP contribution >= 0.6 is 7.60 Å². The molecule has 0 fully saturated rings. The molecule has 0 bridgehead atoms. The van der Waals surface area contributed by atoms with E-state index in [9.17, 15) is 9.36 Å². The highest BCUT2D eigenvalue weighted by atomic mass is 31.2. The van der Waals surface area contributed by atoms with Gasteiger partial charge in [-0.3, -0.25) is 9.36 Å². The van der Waals surface area contributed by atoms with Gasteiger partial charge in [0.05, 0.1) is 6.16 Å². The molecule has 0 radical (unpaired) electrons. The van der Waals surface area contributed by atoms with Gasteiger partial charge in [0.2, 0.25) is 5.91 Å². The van der Waals surface area contributed by atoms with Crippen molar-refractivity contribution in [1.82, 2.24) is 5.32 Å². The highest BCUT2D eigenvalue weighted by Crippen LogP contribution is 2.45. The maximum atomic E-state index is 11.4. The predicted octanol–water partition coefficient (Wildman–Crippen LogP) is 0.998. The number of hydrogen-bond acceptors (Lipinski definition) is 4. The predicted molar refractivity (Wildman–Crippen MR) is 49.8 cm³/mol. The minimum atomic E-state index is -2.96. The number of nitrogens with one attached hydrogen (secondary N) is 1. The molecule has 0 heterocycles. The Morgan fingerprint density at radius 3 is 2.31 bits per heavy atom. The number of hydrogen-bond donors (Lipinski definition) is 1. The molecule has 0 atom stereocenters. The van der Waals surface area contributed by atoms with E-state index in [-0.39, 0.29) is 12.1 Å². The van der Waals surface area contributed by atoms with Gasteiger partial charge < -0.3 is 14.4 Å². The third-order valence-corrected chi connectivity index (χ3v) is 3.47. The van der Waals surface area contributed by atoms with Crippen LogP contribution in [-0.4, -0.2) is 32.8 Å². The van der Waals surface area contributed by atoms with Crippen LogP contribution in [0.1, 0.15) is 13.3 Å². The maximum Gasteiger partial charge on any atom is 0.331 e. The fraction of sp³-hybridized carbons (Fsp3) is 0.857. The molecule has 5 nitrogen and oxygen atoms in total. The van der Waals surface area contributed by atoms with Crippen molar-refractivity contribution in [3.8, 4) is 0 Å². The van der Waals surface area contributed by atoms with Crippen molar-refractivity contribution in [3.05, 3.63) is 0 Å². The van der Waals surface area contributed by atoms with E-state index in [4.69, 9.17) is 0 Å². The van der Waals surface area contributed by atoms with E-state index < -0.39 is 7.60 Å². The van der Waals surface area contributed by atoms with Crippen LogP contribution in [0.15, 0.2) is 0 Å². The molecule has 0 saturated carbocycles. The summed E-state index contributed by atoms with van der Waals surface area (Å²) in [5, 5.41) is 2.59. The van der Waals surface area contributed by atoms with Crippen LogP contribution < -0.4 is 5.32 Å². The zero-order valence-electron chi connectivity index (χ0n) is 8.20. The molecule has 1 N–H and O–H groups in total. The van der Waals surface area contributed by atoms with E-state index >= 15 is 0 Å². The van der Waals surface area contributed by atoms with Crippen molar-refractivity contribution >= 4 is 13.5 Å². The van der Waals surface area contributed by atoms with Crippen molar-refractivity contribution in [1.29, 1.82) is 0 Å². The normalized spacial score (nSPS) is 11.3. The lowest BCUT2D eigenvalue weighted by Gasteiger charge is -2.13. The van der Waals surface area contributed by atoms with Gasteiger partial charge in [0, 0.05) is 27.2 Å². The Hall–Kier alpha value is -0.380. The van der Waals surface area contributed by atoms with Gasteiger partial charge in [-0.2, -0.15) is 0 Å². The molecule has 0 aliphatic carbocycles. The van der Waals surface area contributed by atoms with Gasteiger partial charge in [-0.15, -0.1) is 0 Å². The molecule has 0 aliphatic heterocycles. The van der Waals surface area contributed by atoms with Crippen molar-refractivity contribution < 1.29 is 18.4 Å². The summed E-state index contributed by atoms with van der Waals surface area (Å²) >= 11 is 0. The number of amides is 1. The summed E-state index contributed by atoms with van der Waals surface area (Å²) in [5.41, 5.74) is 0. The first-order valence-electron chi connectivity index (χ1n) is 4.05. The summed E-state index contributed by atoms with van der Waals surface area (Å²) in [4.78, 5) is 10.8. The second kappa shape index (κ2) is 6.13. The van der Waals surface area contributed by atoms with E-state index in [2.05, 4.69) is 14.4 Å². The molecule has 0 spiro atoms. The first-order valence-corrected chi connectivity index (χ1v) is 5.78. The molecule has 0 saturated heterocycles. The van der Waals surface area contributed by atoms with Gasteiger partial charge in [0.1, 0.15) is 0 Å². The van der Waals surface area contributed by atoms with E-state index in [1.807, 2.05) is 0 Å². The molecular weight excluding hydrogens is 193 g/mol. The molecule has 0 aromatic heterocycles. The van der Waals surface area contributed by atoms with E-state index in [1.165, 1.54) is 14.2 Å². The molecule has 6 heteroatoms. The molecule has 0 aromatic rings. The Morgan fingerprint density at radius 1 is 1.38 bits per heavy atom. The third kappa shape index (κ3) is 5.03. The Bertz CT molecular complexity index is 199. The third-order valence-electron chi connectivity index (χ3n) is 1.59. The lowest BCUT2D eigenvalue weighted by atomic mass is 10.4. The van der Waals surface area contributed by atoms with Gasteiger partial charge in [-0.25, -0.2) is 0 Å². The second-order valence-electron chi connectivity index (χ2n) is 2.40. The summed E-state index contributed by atoms with van der Waals surface area (Å²) in [6.45, 7) is 2.06. The minimum absolute atomic E-state index is 0.0706. The summed E-state index contributed by atoms with van der Waals surface area (Å²) in [5.74, 6) is -0.0706. The van der Waals surface area contributed by atoms with E-state index in [0.29, 0.717) is 13.0 Å². The van der Waals surface area contributed by atoms with Crippen molar-refractivity contribution in [2.24, 2.45) is 0 Å². The van der Waals surface area contributed by atoms with Crippen LogP contribution in [0.4, 0.5) is 0 Å². The standard InChI is InChI=1S/C7H16NO4P/c1-4-7(9)8-5-6-13(10,11-2)12-3/h4-6H2,1-3H3,(H,8,9). The molecule has 0 unspecified atom stereocenters. The highest BCUT2D eigenvalue weighted by molar-refractivity contribution is 7.53. The summed E-state index contributed by atoms with van der Waals surface area (Å²) in [6, 6.07) is 0. The summed E-state index contributed by atoms with van der Waals surface area (Å²) < 4.78 is 20.8. The van der Waals surface area contributed by atoms with E-state index in [1.54, 1.807) is 6.92 Å². The lowest BCUT2D eigenvalue weighted by Crippen LogP contribution is -2.25. The Kier molecular flexibility index (Phi) is 5.95. The number of rotatable bonds is 6. The van der Waals surface area contributed by atoms with Crippen molar-refractivity contribution in [2.45, 2.75) is 13.3 Å². The van der Waals surface area contributed by atoms with Crippen LogP contribution in [0.25, 0.3) is 0 Å². The molecular formula is C7H16NO4P. The molecule has 78 valence electrons. The van der Waals surface area contributed by atoms with Crippen LogP contribution in [0.2, 0.25) is 0 Å². The second-order valence-corrected chi connectivity index (χ2v) is 4.80. The average molecular weight is 209 g/mol. The largest absolute Gasteiger partial charge is 0.355 e. The Morgan fingerprint density at radius 2 is 1.92 bits per heavy atom. The Balaban J connectivity index is 3.74. The van der Waals surface area contributed by atoms with E-state index in [0.717, 1.165) is 0 Å². The SMILES string of the molecule is CCC(=O)NCCP(=O)(OC)OC. The zero-order chi connectivity index (χ0) is 10.3. The summed E-state index contributed by atoms with van der Waals surface area (Å²) in [7, 11) is -0.312. The molecule has 1 amide bonds. The average Bonchev–Trinajstić information content (AvgIpc) is 2.17. The van der Waals surface area contributed by atoms with Crippen LogP contribution in [-0.2, 0) is 18.4 Å².